The van der Waals surface area contributed by atoms with Crippen molar-refractivity contribution in [3.63, 3.8) is 0 Å². The first-order valence-electron chi connectivity index (χ1n) is 6.01. The van der Waals surface area contributed by atoms with Crippen LogP contribution in [0.15, 0.2) is 0 Å². The maximum atomic E-state index is 5.62. The lowest BCUT2D eigenvalue weighted by Crippen LogP contribution is -2.14. The van der Waals surface area contributed by atoms with Crippen molar-refractivity contribution < 1.29 is 9.47 Å². The molecule has 6 heteroatoms. The van der Waals surface area contributed by atoms with Crippen molar-refractivity contribution >= 4 is 0 Å². The van der Waals surface area contributed by atoms with E-state index in [0.29, 0.717) is 13.2 Å². The van der Waals surface area contributed by atoms with Crippen LogP contribution in [-0.4, -0.2) is 41.7 Å². The van der Waals surface area contributed by atoms with Gasteiger partial charge in [-0.25, -0.2) is 0 Å². The van der Waals surface area contributed by atoms with Crippen molar-refractivity contribution in [2.75, 3.05) is 26.9 Å². The fraction of sp³-hybridized carbons (Fsp3) is 0.818. The van der Waals surface area contributed by atoms with Crippen molar-refractivity contribution in [1.82, 2.24) is 14.8 Å². The van der Waals surface area contributed by atoms with Gasteiger partial charge in [0.05, 0.1) is 13.2 Å². The molecule has 0 bridgehead atoms. The van der Waals surface area contributed by atoms with Crippen molar-refractivity contribution in [2.24, 2.45) is 5.73 Å². The minimum atomic E-state index is 0.405. The predicted octanol–water partition coefficient (Wildman–Crippen LogP) is 0.352. The number of hydrogen-bond acceptors (Lipinski definition) is 5. The highest BCUT2D eigenvalue weighted by Crippen LogP contribution is 2.05. The van der Waals surface area contributed by atoms with Crippen LogP contribution in [0.3, 0.4) is 0 Å². The van der Waals surface area contributed by atoms with Crippen LogP contribution in [0.2, 0.25) is 0 Å². The molecule has 1 rings (SSSR count). The van der Waals surface area contributed by atoms with Crippen LogP contribution in [0.4, 0.5) is 0 Å². The number of aromatic nitrogens is 3. The predicted molar refractivity (Wildman–Crippen MR) is 64.6 cm³/mol. The van der Waals surface area contributed by atoms with Crippen LogP contribution < -0.4 is 5.73 Å². The minimum Gasteiger partial charge on any atom is -0.383 e. The molecule has 0 unspecified atom stereocenters. The SMILES string of the molecule is CCOCCCc1nnc(CN)n1CCOC. The van der Waals surface area contributed by atoms with Crippen LogP contribution in [0.25, 0.3) is 0 Å². The maximum absolute atomic E-state index is 5.62. The second-order valence-corrected chi connectivity index (χ2v) is 3.68. The van der Waals surface area contributed by atoms with Gasteiger partial charge < -0.3 is 19.8 Å². The molecule has 6 nitrogen and oxygen atoms in total. The van der Waals surface area contributed by atoms with Gasteiger partial charge in [-0.2, -0.15) is 0 Å². The summed E-state index contributed by atoms with van der Waals surface area (Å²) in [4.78, 5) is 0. The van der Waals surface area contributed by atoms with Gasteiger partial charge in [-0.15, -0.1) is 10.2 Å². The molecule has 0 atom stereocenters. The van der Waals surface area contributed by atoms with Crippen LogP contribution in [-0.2, 0) is 29.0 Å². The third-order valence-electron chi connectivity index (χ3n) is 2.50. The Morgan fingerprint density at radius 3 is 2.65 bits per heavy atom. The number of methoxy groups -OCH3 is 1. The summed E-state index contributed by atoms with van der Waals surface area (Å²) in [5.74, 6) is 1.77. The first-order valence-corrected chi connectivity index (χ1v) is 6.01. The van der Waals surface area contributed by atoms with E-state index in [9.17, 15) is 0 Å². The molecule has 1 aromatic rings. The third-order valence-corrected chi connectivity index (χ3v) is 2.50. The molecule has 0 saturated carbocycles. The fourth-order valence-corrected chi connectivity index (χ4v) is 1.63. The highest BCUT2D eigenvalue weighted by atomic mass is 16.5. The molecule has 0 fully saturated rings. The molecule has 17 heavy (non-hydrogen) atoms. The number of nitrogens with two attached hydrogens (primary N) is 1. The highest BCUT2D eigenvalue weighted by molar-refractivity contribution is 4.96. The Morgan fingerprint density at radius 1 is 1.24 bits per heavy atom. The zero-order valence-corrected chi connectivity index (χ0v) is 10.7. The number of rotatable bonds is 9. The molecular weight excluding hydrogens is 220 g/mol. The van der Waals surface area contributed by atoms with E-state index in [2.05, 4.69) is 10.2 Å². The third kappa shape index (κ3) is 4.41. The minimum absolute atomic E-state index is 0.405. The van der Waals surface area contributed by atoms with Gasteiger partial charge in [0.2, 0.25) is 0 Å². The molecule has 1 heterocycles. The average Bonchev–Trinajstić information content (AvgIpc) is 2.74. The van der Waals surface area contributed by atoms with Gasteiger partial charge in [0.15, 0.2) is 0 Å². The number of ether oxygens (including phenoxy) is 2. The average molecular weight is 242 g/mol. The summed E-state index contributed by atoms with van der Waals surface area (Å²) >= 11 is 0. The lowest BCUT2D eigenvalue weighted by molar-refractivity contribution is 0.144. The van der Waals surface area contributed by atoms with E-state index in [1.807, 2.05) is 11.5 Å². The van der Waals surface area contributed by atoms with Crippen molar-refractivity contribution in [1.29, 1.82) is 0 Å². The zero-order valence-electron chi connectivity index (χ0n) is 10.7. The van der Waals surface area contributed by atoms with E-state index in [-0.39, 0.29) is 0 Å². The monoisotopic (exact) mass is 242 g/mol. The first-order chi connectivity index (χ1) is 8.33. The first kappa shape index (κ1) is 14.1. The summed E-state index contributed by atoms with van der Waals surface area (Å²) in [5.41, 5.74) is 5.62. The van der Waals surface area contributed by atoms with Gasteiger partial charge in [0, 0.05) is 33.3 Å². The van der Waals surface area contributed by atoms with Crippen molar-refractivity contribution in [3.8, 4) is 0 Å². The Bertz CT molecular complexity index is 314. The Hall–Kier alpha value is -0.980. The quantitative estimate of drug-likeness (QED) is 0.632. The smallest absolute Gasteiger partial charge is 0.146 e. The Balaban J connectivity index is 2.53. The molecule has 0 aliphatic heterocycles. The highest BCUT2D eigenvalue weighted by Gasteiger charge is 2.09. The molecule has 0 radical (unpaired) electrons. The van der Waals surface area contributed by atoms with E-state index in [1.54, 1.807) is 7.11 Å². The standard InChI is InChI=1S/C11H22N4O2/c1-3-17-7-4-5-10-13-14-11(9-12)15(10)6-8-16-2/h3-9,12H2,1-2H3. The fourth-order valence-electron chi connectivity index (χ4n) is 1.63. The largest absolute Gasteiger partial charge is 0.383 e. The molecule has 0 aliphatic rings. The molecule has 0 aliphatic carbocycles. The van der Waals surface area contributed by atoms with Crippen molar-refractivity contribution in [2.45, 2.75) is 32.9 Å². The van der Waals surface area contributed by atoms with Crippen molar-refractivity contribution in [3.05, 3.63) is 11.6 Å². The van der Waals surface area contributed by atoms with Crippen LogP contribution in [0, 0.1) is 0 Å². The number of nitrogens with zero attached hydrogens (tertiary/aromatic N) is 3. The van der Waals surface area contributed by atoms with Gasteiger partial charge in [0.1, 0.15) is 11.6 Å². The Morgan fingerprint density at radius 2 is 2.00 bits per heavy atom. The molecule has 0 aromatic carbocycles. The molecule has 2 N–H and O–H groups in total. The topological polar surface area (TPSA) is 75.2 Å². The summed E-state index contributed by atoms with van der Waals surface area (Å²) in [5, 5.41) is 8.24. The number of aryl methyl sites for hydroxylation is 1. The summed E-state index contributed by atoms with van der Waals surface area (Å²) < 4.78 is 12.4. The zero-order chi connectivity index (χ0) is 12.5. The second-order valence-electron chi connectivity index (χ2n) is 3.68. The Kier molecular flexibility index (Phi) is 6.76. The van der Waals surface area contributed by atoms with Crippen LogP contribution in [0.5, 0.6) is 0 Å². The molecular formula is C11H22N4O2. The van der Waals surface area contributed by atoms with Crippen LogP contribution >= 0.6 is 0 Å². The van der Waals surface area contributed by atoms with Gasteiger partial charge >= 0.3 is 0 Å². The second kappa shape index (κ2) is 8.16. The lowest BCUT2D eigenvalue weighted by Gasteiger charge is -2.08. The molecule has 0 amide bonds. The summed E-state index contributed by atoms with van der Waals surface area (Å²) in [6.45, 7) is 5.30. The summed E-state index contributed by atoms with van der Waals surface area (Å²) in [6, 6.07) is 0. The maximum Gasteiger partial charge on any atom is 0.146 e. The molecule has 0 saturated heterocycles. The molecule has 0 spiro atoms. The normalized spacial score (nSPS) is 11.0. The van der Waals surface area contributed by atoms with Gasteiger partial charge in [-0.3, -0.25) is 0 Å². The van der Waals surface area contributed by atoms with Gasteiger partial charge in [-0.1, -0.05) is 0 Å². The van der Waals surface area contributed by atoms with E-state index >= 15 is 0 Å². The Labute approximate surface area is 102 Å². The number of hydrogen-bond donors (Lipinski definition) is 1. The van der Waals surface area contributed by atoms with Crippen LogP contribution in [0.1, 0.15) is 25.0 Å². The van der Waals surface area contributed by atoms with E-state index in [4.69, 9.17) is 15.2 Å². The lowest BCUT2D eigenvalue weighted by atomic mass is 10.3. The van der Waals surface area contributed by atoms with Gasteiger partial charge in [0.25, 0.3) is 0 Å². The van der Waals surface area contributed by atoms with E-state index < -0.39 is 0 Å². The molecule has 98 valence electrons. The van der Waals surface area contributed by atoms with E-state index in [0.717, 1.165) is 44.2 Å². The summed E-state index contributed by atoms with van der Waals surface area (Å²) in [7, 11) is 1.68. The van der Waals surface area contributed by atoms with E-state index in [1.165, 1.54) is 0 Å². The summed E-state index contributed by atoms with van der Waals surface area (Å²) in [6.07, 6.45) is 1.81. The van der Waals surface area contributed by atoms with Gasteiger partial charge in [-0.05, 0) is 13.3 Å². The molecule has 1 aromatic heterocycles.